The number of rotatable bonds is 2. The molecule has 0 saturated carbocycles. The minimum atomic E-state index is -0.814. The maximum atomic E-state index is 12.7. The second kappa shape index (κ2) is 5.56. The fourth-order valence-corrected chi connectivity index (χ4v) is 2.95. The maximum absolute atomic E-state index is 12.7. The van der Waals surface area contributed by atoms with Gasteiger partial charge < -0.3 is 10.0 Å². The molecular weight excluding hydrogens is 266 g/mol. The molecule has 0 aliphatic carbocycles. The van der Waals surface area contributed by atoms with E-state index in [1.807, 2.05) is 42.5 Å². The van der Waals surface area contributed by atoms with Crippen LogP contribution in [-0.4, -0.2) is 35.0 Å². The molecule has 1 saturated heterocycles. The smallest absolute Gasteiger partial charge is 0.308 e. The Morgan fingerprint density at radius 2 is 1.86 bits per heavy atom. The molecule has 1 heterocycles. The highest BCUT2D eigenvalue weighted by Gasteiger charge is 2.29. The minimum Gasteiger partial charge on any atom is -0.481 e. The van der Waals surface area contributed by atoms with Crippen molar-refractivity contribution in [2.75, 3.05) is 13.1 Å². The first-order valence-electron chi connectivity index (χ1n) is 7.16. The molecule has 2 aromatic rings. The van der Waals surface area contributed by atoms with Crippen LogP contribution in [0.3, 0.4) is 0 Å². The number of carboxylic acids is 1. The van der Waals surface area contributed by atoms with E-state index < -0.39 is 11.9 Å². The van der Waals surface area contributed by atoms with E-state index in [0.717, 1.165) is 17.2 Å². The summed E-state index contributed by atoms with van der Waals surface area (Å²) in [5.41, 5.74) is 0.652. The standard InChI is InChI=1S/C17H17NO3/c19-16(18-10-4-7-13(11-18)17(20)21)15-9-3-6-12-5-1-2-8-14(12)15/h1-3,5-6,8-9,13H,4,7,10-11H2,(H,20,21)/t13-/m0/s1. The number of piperidine rings is 1. The normalized spacial score (nSPS) is 18.7. The van der Waals surface area contributed by atoms with Gasteiger partial charge in [-0.15, -0.1) is 0 Å². The molecule has 0 bridgehead atoms. The van der Waals surface area contributed by atoms with Crippen molar-refractivity contribution in [2.45, 2.75) is 12.8 Å². The summed E-state index contributed by atoms with van der Waals surface area (Å²) in [6, 6.07) is 13.4. The summed E-state index contributed by atoms with van der Waals surface area (Å²) < 4.78 is 0. The number of carbonyl (C=O) groups is 2. The molecule has 1 atom stereocenters. The third-order valence-corrected chi connectivity index (χ3v) is 4.08. The van der Waals surface area contributed by atoms with Crippen LogP contribution in [0, 0.1) is 5.92 Å². The molecule has 1 N–H and O–H groups in total. The van der Waals surface area contributed by atoms with Gasteiger partial charge in [-0.25, -0.2) is 0 Å². The van der Waals surface area contributed by atoms with Crippen LogP contribution in [0.1, 0.15) is 23.2 Å². The lowest BCUT2D eigenvalue weighted by Crippen LogP contribution is -2.42. The van der Waals surface area contributed by atoms with E-state index in [0.29, 0.717) is 25.1 Å². The van der Waals surface area contributed by atoms with E-state index in [1.54, 1.807) is 4.90 Å². The molecule has 1 aliphatic rings. The van der Waals surface area contributed by atoms with Gasteiger partial charge in [0.2, 0.25) is 0 Å². The van der Waals surface area contributed by atoms with Gasteiger partial charge in [0.05, 0.1) is 5.92 Å². The Balaban J connectivity index is 1.92. The zero-order valence-electron chi connectivity index (χ0n) is 11.7. The maximum Gasteiger partial charge on any atom is 0.308 e. The molecular formula is C17H17NO3. The summed E-state index contributed by atoms with van der Waals surface area (Å²) in [6.45, 7) is 0.934. The molecule has 4 heteroatoms. The van der Waals surface area contributed by atoms with Crippen molar-refractivity contribution in [1.29, 1.82) is 0 Å². The minimum absolute atomic E-state index is 0.0715. The SMILES string of the molecule is O=C(O)[C@H]1CCCN(C(=O)c2cccc3ccccc23)C1. The number of likely N-dealkylation sites (tertiary alicyclic amines) is 1. The van der Waals surface area contributed by atoms with Gasteiger partial charge in [0, 0.05) is 18.7 Å². The van der Waals surface area contributed by atoms with E-state index in [1.165, 1.54) is 0 Å². The fraction of sp³-hybridized carbons (Fsp3) is 0.294. The monoisotopic (exact) mass is 283 g/mol. The van der Waals surface area contributed by atoms with Crippen LogP contribution in [-0.2, 0) is 4.79 Å². The summed E-state index contributed by atoms with van der Waals surface area (Å²) in [5.74, 6) is -1.33. The zero-order chi connectivity index (χ0) is 14.8. The van der Waals surface area contributed by atoms with Crippen molar-refractivity contribution in [3.8, 4) is 0 Å². The summed E-state index contributed by atoms with van der Waals surface area (Å²) in [5, 5.41) is 11.1. The van der Waals surface area contributed by atoms with Gasteiger partial charge in [0.1, 0.15) is 0 Å². The first kappa shape index (κ1) is 13.6. The molecule has 1 aliphatic heterocycles. The topological polar surface area (TPSA) is 57.6 Å². The van der Waals surface area contributed by atoms with Crippen molar-refractivity contribution >= 4 is 22.6 Å². The lowest BCUT2D eigenvalue weighted by Gasteiger charge is -2.31. The zero-order valence-corrected chi connectivity index (χ0v) is 11.7. The first-order valence-corrected chi connectivity index (χ1v) is 7.16. The third-order valence-electron chi connectivity index (χ3n) is 4.08. The molecule has 0 aromatic heterocycles. The number of nitrogens with zero attached hydrogens (tertiary/aromatic N) is 1. The Kier molecular flexibility index (Phi) is 3.60. The van der Waals surface area contributed by atoms with Gasteiger partial charge in [-0.1, -0.05) is 36.4 Å². The predicted octanol–water partition coefficient (Wildman–Crippen LogP) is 2.78. The Bertz CT molecular complexity index is 690. The average molecular weight is 283 g/mol. The van der Waals surface area contributed by atoms with Gasteiger partial charge in [-0.2, -0.15) is 0 Å². The van der Waals surface area contributed by atoms with Crippen molar-refractivity contribution in [3.63, 3.8) is 0 Å². The Morgan fingerprint density at radius 1 is 1.10 bits per heavy atom. The Morgan fingerprint density at radius 3 is 2.67 bits per heavy atom. The fourth-order valence-electron chi connectivity index (χ4n) is 2.95. The van der Waals surface area contributed by atoms with Crippen molar-refractivity contribution < 1.29 is 14.7 Å². The van der Waals surface area contributed by atoms with Crippen LogP contribution in [0.2, 0.25) is 0 Å². The van der Waals surface area contributed by atoms with Crippen LogP contribution < -0.4 is 0 Å². The van der Waals surface area contributed by atoms with Crippen LogP contribution in [0.25, 0.3) is 10.8 Å². The number of carbonyl (C=O) groups excluding carboxylic acids is 1. The molecule has 1 fully saturated rings. The van der Waals surface area contributed by atoms with Crippen molar-refractivity contribution in [2.24, 2.45) is 5.92 Å². The number of hydrogen-bond donors (Lipinski definition) is 1. The van der Waals surface area contributed by atoms with E-state index in [4.69, 9.17) is 5.11 Å². The number of amides is 1. The summed E-state index contributed by atoms with van der Waals surface area (Å²) in [6.07, 6.45) is 1.39. The second-order valence-electron chi connectivity index (χ2n) is 5.46. The van der Waals surface area contributed by atoms with Crippen molar-refractivity contribution in [1.82, 2.24) is 4.90 Å². The van der Waals surface area contributed by atoms with E-state index in [9.17, 15) is 9.59 Å². The Hall–Kier alpha value is -2.36. The van der Waals surface area contributed by atoms with Gasteiger partial charge in [0.25, 0.3) is 5.91 Å². The molecule has 1 amide bonds. The predicted molar refractivity (Wildman–Crippen MR) is 80.2 cm³/mol. The number of carboxylic acid groups (broad SMARTS) is 1. The van der Waals surface area contributed by atoms with E-state index in [-0.39, 0.29) is 5.91 Å². The quantitative estimate of drug-likeness (QED) is 0.922. The van der Waals surface area contributed by atoms with Gasteiger partial charge >= 0.3 is 5.97 Å². The lowest BCUT2D eigenvalue weighted by molar-refractivity contribution is -0.143. The van der Waals surface area contributed by atoms with Crippen LogP contribution in [0.5, 0.6) is 0 Å². The van der Waals surface area contributed by atoms with Crippen LogP contribution in [0.4, 0.5) is 0 Å². The molecule has 2 aromatic carbocycles. The highest BCUT2D eigenvalue weighted by molar-refractivity contribution is 6.07. The third kappa shape index (κ3) is 2.61. The summed E-state index contributed by atoms with van der Waals surface area (Å²) >= 11 is 0. The highest BCUT2D eigenvalue weighted by atomic mass is 16.4. The summed E-state index contributed by atoms with van der Waals surface area (Å²) in [4.78, 5) is 25.5. The Labute approximate surface area is 123 Å². The number of benzene rings is 2. The highest BCUT2D eigenvalue weighted by Crippen LogP contribution is 2.23. The molecule has 0 radical (unpaired) electrons. The molecule has 0 unspecified atom stereocenters. The van der Waals surface area contributed by atoms with Crippen LogP contribution >= 0.6 is 0 Å². The van der Waals surface area contributed by atoms with Gasteiger partial charge in [-0.3, -0.25) is 9.59 Å². The second-order valence-corrected chi connectivity index (χ2v) is 5.46. The van der Waals surface area contributed by atoms with Crippen molar-refractivity contribution in [3.05, 3.63) is 48.0 Å². The van der Waals surface area contributed by atoms with Gasteiger partial charge in [0.15, 0.2) is 0 Å². The van der Waals surface area contributed by atoms with Gasteiger partial charge in [-0.05, 0) is 29.7 Å². The van der Waals surface area contributed by atoms with Crippen LogP contribution in [0.15, 0.2) is 42.5 Å². The number of hydrogen-bond acceptors (Lipinski definition) is 2. The summed E-state index contributed by atoms with van der Waals surface area (Å²) in [7, 11) is 0. The molecule has 108 valence electrons. The molecule has 0 spiro atoms. The first-order chi connectivity index (χ1) is 10.2. The molecule has 21 heavy (non-hydrogen) atoms. The van der Waals surface area contributed by atoms with E-state index >= 15 is 0 Å². The number of aliphatic carboxylic acids is 1. The number of fused-ring (bicyclic) bond motifs is 1. The lowest BCUT2D eigenvalue weighted by atomic mass is 9.96. The molecule has 3 rings (SSSR count). The largest absolute Gasteiger partial charge is 0.481 e. The van der Waals surface area contributed by atoms with E-state index in [2.05, 4.69) is 0 Å². The molecule has 4 nitrogen and oxygen atoms in total. The average Bonchev–Trinajstić information content (AvgIpc) is 2.53.